The molecule has 0 aromatic rings. The van der Waals surface area contributed by atoms with E-state index in [0.717, 1.165) is 12.8 Å². The van der Waals surface area contributed by atoms with Crippen molar-refractivity contribution in [3.63, 3.8) is 0 Å². The molecule has 1 rings (SSSR count). The third-order valence-corrected chi connectivity index (χ3v) is 2.59. The van der Waals surface area contributed by atoms with Crippen molar-refractivity contribution < 1.29 is 9.90 Å². The monoisotopic (exact) mass is 186 g/mol. The predicted octanol–water partition coefficient (Wildman–Crippen LogP) is -0.388. The highest BCUT2D eigenvalue weighted by molar-refractivity contribution is 5.79. The highest BCUT2D eigenvalue weighted by Gasteiger charge is 2.43. The van der Waals surface area contributed by atoms with Crippen LogP contribution >= 0.6 is 0 Å². The number of aliphatic hydroxyl groups excluding tert-OH is 1. The lowest BCUT2D eigenvalue weighted by molar-refractivity contribution is -0.126. The Bertz CT molecular complexity index is 190. The quantitative estimate of drug-likeness (QED) is 0.547. The average Bonchev–Trinajstić information content (AvgIpc) is 2.86. The van der Waals surface area contributed by atoms with Crippen LogP contribution in [0.25, 0.3) is 0 Å². The molecule has 1 saturated carbocycles. The predicted molar refractivity (Wildman–Crippen MR) is 50.0 cm³/mol. The molecule has 1 atom stereocenters. The van der Waals surface area contributed by atoms with Gasteiger partial charge >= 0.3 is 0 Å². The molecule has 0 radical (unpaired) electrons. The fraction of sp³-hybridized carbons (Fsp3) is 0.889. The van der Waals surface area contributed by atoms with Crippen molar-refractivity contribution in [2.75, 3.05) is 13.2 Å². The van der Waals surface area contributed by atoms with E-state index in [1.165, 1.54) is 0 Å². The van der Waals surface area contributed by atoms with Gasteiger partial charge in [0.2, 0.25) is 5.91 Å². The van der Waals surface area contributed by atoms with Crippen LogP contribution in [0.5, 0.6) is 0 Å². The summed E-state index contributed by atoms with van der Waals surface area (Å²) < 4.78 is 0. The van der Waals surface area contributed by atoms with Gasteiger partial charge in [-0.15, -0.1) is 0 Å². The van der Waals surface area contributed by atoms with Crippen LogP contribution in [0.2, 0.25) is 0 Å². The molecule has 4 N–H and O–H groups in total. The van der Waals surface area contributed by atoms with Crippen LogP contribution in [0.15, 0.2) is 0 Å². The highest BCUT2D eigenvalue weighted by Crippen LogP contribution is 2.34. The first-order valence-corrected chi connectivity index (χ1v) is 4.76. The Labute approximate surface area is 78.5 Å². The lowest BCUT2D eigenvalue weighted by Crippen LogP contribution is -2.42. The van der Waals surface area contributed by atoms with Gasteiger partial charge in [-0.3, -0.25) is 4.79 Å². The number of carbonyl (C=O) groups excluding carboxylic acids is 1. The molecule has 76 valence electrons. The summed E-state index contributed by atoms with van der Waals surface area (Å²) in [7, 11) is 0. The molecule has 1 aliphatic rings. The summed E-state index contributed by atoms with van der Waals surface area (Å²) in [5.41, 5.74) is 5.06. The Hall–Kier alpha value is -0.610. The number of aliphatic hydroxyl groups is 1. The van der Waals surface area contributed by atoms with Crippen molar-refractivity contribution >= 4 is 5.91 Å². The lowest BCUT2D eigenvalue weighted by Gasteiger charge is -2.17. The van der Waals surface area contributed by atoms with Crippen molar-refractivity contribution in [2.45, 2.75) is 31.7 Å². The lowest BCUT2D eigenvalue weighted by atomic mass is 10.1. The number of rotatable bonds is 5. The number of hydrogen-bond donors (Lipinski definition) is 3. The molecule has 1 unspecified atom stereocenters. The molecule has 0 aromatic heterocycles. The van der Waals surface area contributed by atoms with E-state index in [1.807, 2.05) is 6.92 Å². The Morgan fingerprint density at radius 1 is 1.69 bits per heavy atom. The van der Waals surface area contributed by atoms with E-state index in [9.17, 15) is 4.79 Å². The van der Waals surface area contributed by atoms with E-state index in [-0.39, 0.29) is 24.0 Å². The second-order valence-electron chi connectivity index (χ2n) is 3.91. The van der Waals surface area contributed by atoms with Crippen LogP contribution in [0, 0.1) is 5.92 Å². The third-order valence-electron chi connectivity index (χ3n) is 2.59. The van der Waals surface area contributed by atoms with Crippen LogP contribution in [0.3, 0.4) is 0 Å². The molecule has 1 amide bonds. The number of carbonyl (C=O) groups is 1. The van der Waals surface area contributed by atoms with Crippen LogP contribution in [-0.4, -0.2) is 29.7 Å². The summed E-state index contributed by atoms with van der Waals surface area (Å²) in [5.74, 6) is -0.0361. The minimum absolute atomic E-state index is 0.0111. The number of hydrogen-bond acceptors (Lipinski definition) is 3. The second kappa shape index (κ2) is 4.07. The number of nitrogens with one attached hydrogen (secondary N) is 1. The van der Waals surface area contributed by atoms with Crippen molar-refractivity contribution in [1.29, 1.82) is 0 Å². The van der Waals surface area contributed by atoms with E-state index in [2.05, 4.69) is 5.32 Å². The van der Waals surface area contributed by atoms with Gasteiger partial charge in [-0.2, -0.15) is 0 Å². The standard InChI is InChI=1S/C9H18N2O2/c1-7(2-5-10)8(13)11-9(6-12)3-4-9/h7,12H,2-6,10H2,1H3,(H,11,13). The minimum atomic E-state index is -0.292. The van der Waals surface area contributed by atoms with Crippen LogP contribution < -0.4 is 11.1 Å². The normalized spacial score (nSPS) is 20.8. The molecular weight excluding hydrogens is 168 g/mol. The van der Waals surface area contributed by atoms with E-state index in [4.69, 9.17) is 10.8 Å². The van der Waals surface area contributed by atoms with Gasteiger partial charge in [-0.1, -0.05) is 6.92 Å². The van der Waals surface area contributed by atoms with Crippen molar-refractivity contribution in [3.8, 4) is 0 Å². The first-order chi connectivity index (χ1) is 6.13. The largest absolute Gasteiger partial charge is 0.394 e. The SMILES string of the molecule is CC(CCN)C(=O)NC1(CO)CC1. The van der Waals surface area contributed by atoms with E-state index in [0.29, 0.717) is 13.0 Å². The zero-order chi connectivity index (χ0) is 9.90. The van der Waals surface area contributed by atoms with Gasteiger partial charge in [0.1, 0.15) is 0 Å². The summed E-state index contributed by atoms with van der Waals surface area (Å²) in [6, 6.07) is 0. The van der Waals surface area contributed by atoms with Gasteiger partial charge < -0.3 is 16.2 Å². The molecule has 0 heterocycles. The Morgan fingerprint density at radius 2 is 2.31 bits per heavy atom. The first-order valence-electron chi connectivity index (χ1n) is 4.76. The number of nitrogens with two attached hydrogens (primary N) is 1. The molecule has 4 nitrogen and oxygen atoms in total. The molecule has 0 bridgehead atoms. The smallest absolute Gasteiger partial charge is 0.223 e. The van der Waals surface area contributed by atoms with Gasteiger partial charge in [-0.25, -0.2) is 0 Å². The van der Waals surface area contributed by atoms with Gasteiger partial charge in [0.15, 0.2) is 0 Å². The Kier molecular flexibility index (Phi) is 3.27. The summed E-state index contributed by atoms with van der Waals surface area (Å²) in [5, 5.41) is 11.8. The first kappa shape index (κ1) is 10.5. The molecule has 1 aliphatic carbocycles. The fourth-order valence-corrected chi connectivity index (χ4v) is 1.24. The molecule has 1 fully saturated rings. The summed E-state index contributed by atoms with van der Waals surface area (Å²) >= 11 is 0. The van der Waals surface area contributed by atoms with Crippen molar-refractivity contribution in [3.05, 3.63) is 0 Å². The third kappa shape index (κ3) is 2.67. The maximum Gasteiger partial charge on any atom is 0.223 e. The van der Waals surface area contributed by atoms with Gasteiger partial charge in [-0.05, 0) is 25.8 Å². The topological polar surface area (TPSA) is 75.4 Å². The molecule has 0 aliphatic heterocycles. The number of amides is 1. The molecule has 0 saturated heterocycles. The Balaban J connectivity index is 2.32. The fourth-order valence-electron chi connectivity index (χ4n) is 1.24. The Morgan fingerprint density at radius 3 is 2.69 bits per heavy atom. The summed E-state index contributed by atoms with van der Waals surface area (Å²) in [6.45, 7) is 2.43. The highest BCUT2D eigenvalue weighted by atomic mass is 16.3. The zero-order valence-electron chi connectivity index (χ0n) is 8.05. The molecule has 4 heteroatoms. The van der Waals surface area contributed by atoms with E-state index < -0.39 is 0 Å². The maximum atomic E-state index is 11.5. The maximum absolute atomic E-state index is 11.5. The van der Waals surface area contributed by atoms with Crippen LogP contribution in [0.4, 0.5) is 0 Å². The van der Waals surface area contributed by atoms with Gasteiger partial charge in [0.25, 0.3) is 0 Å². The van der Waals surface area contributed by atoms with E-state index >= 15 is 0 Å². The van der Waals surface area contributed by atoms with Crippen molar-refractivity contribution in [2.24, 2.45) is 11.7 Å². The van der Waals surface area contributed by atoms with Crippen LogP contribution in [-0.2, 0) is 4.79 Å². The van der Waals surface area contributed by atoms with E-state index in [1.54, 1.807) is 0 Å². The molecule has 13 heavy (non-hydrogen) atoms. The summed E-state index contributed by atoms with van der Waals surface area (Å²) in [6.07, 6.45) is 2.49. The van der Waals surface area contributed by atoms with Crippen LogP contribution in [0.1, 0.15) is 26.2 Å². The second-order valence-corrected chi connectivity index (χ2v) is 3.91. The van der Waals surface area contributed by atoms with Gasteiger partial charge in [0, 0.05) is 5.92 Å². The molecule has 0 aromatic carbocycles. The summed E-state index contributed by atoms with van der Waals surface area (Å²) in [4.78, 5) is 11.5. The molecule has 0 spiro atoms. The van der Waals surface area contributed by atoms with Crippen molar-refractivity contribution in [1.82, 2.24) is 5.32 Å². The zero-order valence-corrected chi connectivity index (χ0v) is 8.05. The minimum Gasteiger partial charge on any atom is -0.394 e. The molecular formula is C9H18N2O2. The van der Waals surface area contributed by atoms with Gasteiger partial charge in [0.05, 0.1) is 12.1 Å². The average molecular weight is 186 g/mol.